The highest BCUT2D eigenvalue weighted by Crippen LogP contribution is 2.23. The highest BCUT2D eigenvalue weighted by atomic mass is 14.2. The predicted octanol–water partition coefficient (Wildman–Crippen LogP) is 3.28. The van der Waals surface area contributed by atoms with Crippen LogP contribution >= 0.6 is 0 Å². The first kappa shape index (κ1) is 9.00. The SMILES string of the molecule is CC[C](C)C(C)C(C)C. The van der Waals surface area contributed by atoms with Gasteiger partial charge in [-0.3, -0.25) is 0 Å². The second-order valence-electron chi connectivity index (χ2n) is 3.23. The van der Waals surface area contributed by atoms with Crippen LogP contribution in [0.1, 0.15) is 41.0 Å². The molecular weight excluding hydrogens is 108 g/mol. The topological polar surface area (TPSA) is 0 Å². The Kier molecular flexibility index (Phi) is 3.92. The molecule has 1 radical (unpaired) electrons. The Balaban J connectivity index is 3.58. The van der Waals surface area contributed by atoms with Crippen molar-refractivity contribution in [3.63, 3.8) is 0 Å². The summed E-state index contributed by atoms with van der Waals surface area (Å²) in [5.74, 6) is 3.24. The van der Waals surface area contributed by atoms with E-state index in [-0.39, 0.29) is 0 Å². The van der Waals surface area contributed by atoms with Crippen LogP contribution in [-0.2, 0) is 0 Å². The Hall–Kier alpha value is 0. The zero-order valence-corrected chi connectivity index (χ0v) is 7.36. The largest absolute Gasteiger partial charge is 0.0648 e. The van der Waals surface area contributed by atoms with Gasteiger partial charge in [0.15, 0.2) is 0 Å². The Labute approximate surface area is 59.7 Å². The summed E-state index contributed by atoms with van der Waals surface area (Å²) in [5, 5.41) is 0. The average Bonchev–Trinajstić information content (AvgIpc) is 1.84. The van der Waals surface area contributed by atoms with E-state index in [1.54, 1.807) is 5.92 Å². The summed E-state index contributed by atoms with van der Waals surface area (Å²) in [5.41, 5.74) is 0. The predicted molar refractivity (Wildman–Crippen MR) is 43.2 cm³/mol. The lowest BCUT2D eigenvalue weighted by molar-refractivity contribution is 0.422. The third-order valence-electron chi connectivity index (χ3n) is 2.33. The summed E-state index contributed by atoms with van der Waals surface area (Å²) in [4.78, 5) is 0. The van der Waals surface area contributed by atoms with Crippen molar-refractivity contribution in [3.05, 3.63) is 5.92 Å². The monoisotopic (exact) mass is 127 g/mol. The van der Waals surface area contributed by atoms with Gasteiger partial charge in [0, 0.05) is 0 Å². The van der Waals surface area contributed by atoms with E-state index in [0.717, 1.165) is 11.8 Å². The molecule has 55 valence electrons. The van der Waals surface area contributed by atoms with E-state index in [2.05, 4.69) is 34.6 Å². The van der Waals surface area contributed by atoms with Crippen LogP contribution in [0.25, 0.3) is 0 Å². The first-order valence-corrected chi connectivity index (χ1v) is 3.91. The van der Waals surface area contributed by atoms with Crippen molar-refractivity contribution in [2.24, 2.45) is 11.8 Å². The Bertz CT molecular complexity index is 64.4. The van der Waals surface area contributed by atoms with Crippen LogP contribution in [0.15, 0.2) is 0 Å². The third-order valence-corrected chi connectivity index (χ3v) is 2.33. The van der Waals surface area contributed by atoms with Gasteiger partial charge in [-0.15, -0.1) is 0 Å². The highest BCUT2D eigenvalue weighted by molar-refractivity contribution is 4.89. The molecule has 0 aliphatic carbocycles. The van der Waals surface area contributed by atoms with Gasteiger partial charge in [0.2, 0.25) is 0 Å². The maximum absolute atomic E-state index is 2.31. The van der Waals surface area contributed by atoms with Crippen LogP contribution < -0.4 is 0 Å². The van der Waals surface area contributed by atoms with E-state index in [1.165, 1.54) is 6.42 Å². The van der Waals surface area contributed by atoms with Crippen molar-refractivity contribution < 1.29 is 0 Å². The van der Waals surface area contributed by atoms with Crippen molar-refractivity contribution in [2.45, 2.75) is 41.0 Å². The van der Waals surface area contributed by atoms with Gasteiger partial charge in [-0.2, -0.15) is 0 Å². The standard InChI is InChI=1S/C9H19/c1-6-8(4)9(5)7(2)3/h7,9H,6H2,1-5H3. The van der Waals surface area contributed by atoms with E-state index >= 15 is 0 Å². The van der Waals surface area contributed by atoms with Crippen molar-refractivity contribution in [3.8, 4) is 0 Å². The molecule has 0 nitrogen and oxygen atoms in total. The van der Waals surface area contributed by atoms with Gasteiger partial charge in [-0.1, -0.05) is 34.6 Å². The summed E-state index contributed by atoms with van der Waals surface area (Å²) < 4.78 is 0. The molecule has 0 rings (SSSR count). The lowest BCUT2D eigenvalue weighted by atomic mass is 9.85. The molecule has 0 heteroatoms. The first-order valence-electron chi connectivity index (χ1n) is 3.91. The van der Waals surface area contributed by atoms with Gasteiger partial charge in [0.1, 0.15) is 0 Å². The molecule has 0 bridgehead atoms. The Morgan fingerprint density at radius 2 is 1.67 bits per heavy atom. The Morgan fingerprint density at radius 3 is 1.78 bits per heavy atom. The van der Waals surface area contributed by atoms with Crippen LogP contribution in [0.3, 0.4) is 0 Å². The molecule has 0 N–H and O–H groups in total. The van der Waals surface area contributed by atoms with Crippen LogP contribution in [0, 0.1) is 17.8 Å². The molecular formula is C9H19. The summed E-state index contributed by atoms with van der Waals surface area (Å²) >= 11 is 0. The van der Waals surface area contributed by atoms with Gasteiger partial charge in [0.05, 0.1) is 0 Å². The number of hydrogen-bond donors (Lipinski definition) is 0. The molecule has 0 saturated heterocycles. The van der Waals surface area contributed by atoms with Crippen molar-refractivity contribution in [1.29, 1.82) is 0 Å². The van der Waals surface area contributed by atoms with Gasteiger partial charge in [0.25, 0.3) is 0 Å². The second-order valence-corrected chi connectivity index (χ2v) is 3.23. The van der Waals surface area contributed by atoms with E-state index in [0.29, 0.717) is 0 Å². The normalized spacial score (nSPS) is 15.0. The first-order chi connectivity index (χ1) is 4.09. The van der Waals surface area contributed by atoms with Gasteiger partial charge < -0.3 is 0 Å². The quantitative estimate of drug-likeness (QED) is 0.545. The van der Waals surface area contributed by atoms with E-state index in [4.69, 9.17) is 0 Å². The fraction of sp³-hybridized carbons (Fsp3) is 0.889. The van der Waals surface area contributed by atoms with Gasteiger partial charge >= 0.3 is 0 Å². The van der Waals surface area contributed by atoms with Crippen LogP contribution in [0.2, 0.25) is 0 Å². The molecule has 0 saturated carbocycles. The third kappa shape index (κ3) is 2.88. The zero-order valence-electron chi connectivity index (χ0n) is 7.36. The number of rotatable bonds is 3. The zero-order chi connectivity index (χ0) is 7.44. The molecule has 0 aromatic heterocycles. The van der Waals surface area contributed by atoms with Crippen molar-refractivity contribution in [2.75, 3.05) is 0 Å². The summed E-state index contributed by atoms with van der Waals surface area (Å²) in [6.45, 7) is 11.4. The molecule has 9 heavy (non-hydrogen) atoms. The van der Waals surface area contributed by atoms with Crippen LogP contribution in [0.5, 0.6) is 0 Å². The van der Waals surface area contributed by atoms with E-state index in [1.807, 2.05) is 0 Å². The highest BCUT2D eigenvalue weighted by Gasteiger charge is 2.13. The van der Waals surface area contributed by atoms with Gasteiger partial charge in [-0.25, -0.2) is 0 Å². The lowest BCUT2D eigenvalue weighted by Crippen LogP contribution is -2.11. The van der Waals surface area contributed by atoms with Crippen LogP contribution in [-0.4, -0.2) is 0 Å². The average molecular weight is 127 g/mol. The molecule has 0 fully saturated rings. The maximum atomic E-state index is 2.31. The van der Waals surface area contributed by atoms with Crippen molar-refractivity contribution >= 4 is 0 Å². The fourth-order valence-electron chi connectivity index (χ4n) is 0.891. The molecule has 0 heterocycles. The minimum absolute atomic E-state index is 0.801. The maximum Gasteiger partial charge on any atom is -0.0244 e. The summed E-state index contributed by atoms with van der Waals surface area (Å²) in [6.07, 6.45) is 1.24. The number of hydrogen-bond acceptors (Lipinski definition) is 0. The fourth-order valence-corrected chi connectivity index (χ4v) is 0.891. The molecule has 0 spiro atoms. The van der Waals surface area contributed by atoms with Gasteiger partial charge in [-0.05, 0) is 24.2 Å². The van der Waals surface area contributed by atoms with E-state index in [9.17, 15) is 0 Å². The molecule has 0 aromatic carbocycles. The lowest BCUT2D eigenvalue weighted by Gasteiger charge is -2.20. The molecule has 0 aliphatic heterocycles. The summed E-state index contributed by atoms with van der Waals surface area (Å²) in [6, 6.07) is 0. The minimum atomic E-state index is 0.801. The minimum Gasteiger partial charge on any atom is -0.0648 e. The molecule has 0 aliphatic rings. The molecule has 0 amide bonds. The smallest absolute Gasteiger partial charge is 0.0244 e. The molecule has 0 aromatic rings. The van der Waals surface area contributed by atoms with Crippen molar-refractivity contribution in [1.82, 2.24) is 0 Å². The molecule has 1 atom stereocenters. The second kappa shape index (κ2) is 3.92. The molecule has 1 unspecified atom stereocenters. The van der Waals surface area contributed by atoms with E-state index < -0.39 is 0 Å². The summed E-state index contributed by atoms with van der Waals surface area (Å²) in [7, 11) is 0. The Morgan fingerprint density at radius 1 is 1.22 bits per heavy atom. The van der Waals surface area contributed by atoms with Crippen LogP contribution in [0.4, 0.5) is 0 Å².